The van der Waals surface area contributed by atoms with Crippen LogP contribution in [0.3, 0.4) is 0 Å². The average molecular weight is 457 g/mol. The van der Waals surface area contributed by atoms with Crippen molar-refractivity contribution in [2.75, 3.05) is 28.3 Å². The maximum absolute atomic E-state index is 12.6. The highest BCUT2D eigenvalue weighted by molar-refractivity contribution is 9.10. The summed E-state index contributed by atoms with van der Waals surface area (Å²) < 4.78 is 37.1. The molecule has 0 aromatic heterocycles. The zero-order chi connectivity index (χ0) is 20.2. The number of hydrogen-bond donors (Lipinski definition) is 1. The Hall–Kier alpha value is -2.10. The number of hydrogen-bond acceptors (Lipinski definition) is 5. The maximum Gasteiger partial charge on any atom is 0.251 e. The van der Waals surface area contributed by atoms with E-state index in [1.807, 2.05) is 0 Å². The van der Waals surface area contributed by atoms with Crippen LogP contribution in [0.2, 0.25) is 0 Å². The summed E-state index contributed by atoms with van der Waals surface area (Å²) in [6, 6.07) is 9.70. The van der Waals surface area contributed by atoms with Crippen molar-refractivity contribution in [3.05, 3.63) is 52.0 Å². The molecule has 2 aromatic rings. The first-order chi connectivity index (χ1) is 12.7. The lowest BCUT2D eigenvalue weighted by atomic mass is 10.1. The molecule has 0 radical (unpaired) electrons. The van der Waals surface area contributed by atoms with Crippen molar-refractivity contribution < 1.29 is 22.7 Å². The van der Waals surface area contributed by atoms with E-state index >= 15 is 0 Å². The van der Waals surface area contributed by atoms with Crippen LogP contribution < -0.4 is 14.8 Å². The SMILES string of the molecule is COc1cc(C(=O)NCc2ccccc2S(=O)(=O)N(C)C)cc(OC)c1Br. The van der Waals surface area contributed by atoms with E-state index in [9.17, 15) is 13.2 Å². The topological polar surface area (TPSA) is 84.9 Å². The first-order valence-electron chi connectivity index (χ1n) is 7.92. The van der Waals surface area contributed by atoms with Crippen molar-refractivity contribution in [2.45, 2.75) is 11.4 Å². The maximum atomic E-state index is 12.6. The molecule has 27 heavy (non-hydrogen) atoms. The largest absolute Gasteiger partial charge is 0.495 e. The van der Waals surface area contributed by atoms with E-state index < -0.39 is 10.0 Å². The first-order valence-corrected chi connectivity index (χ1v) is 10.2. The normalized spacial score (nSPS) is 11.3. The van der Waals surface area contributed by atoms with Gasteiger partial charge in [0.25, 0.3) is 5.91 Å². The van der Waals surface area contributed by atoms with Crippen molar-refractivity contribution in [1.82, 2.24) is 9.62 Å². The molecule has 0 saturated heterocycles. The monoisotopic (exact) mass is 456 g/mol. The lowest BCUT2D eigenvalue weighted by Crippen LogP contribution is -2.27. The van der Waals surface area contributed by atoms with E-state index in [4.69, 9.17) is 9.47 Å². The second-order valence-corrected chi connectivity index (χ2v) is 8.69. The van der Waals surface area contributed by atoms with Gasteiger partial charge in [-0.3, -0.25) is 4.79 Å². The van der Waals surface area contributed by atoms with E-state index in [1.54, 1.807) is 30.3 Å². The number of sulfonamides is 1. The molecule has 2 rings (SSSR count). The number of ether oxygens (including phenoxy) is 2. The van der Waals surface area contributed by atoms with Gasteiger partial charge in [-0.25, -0.2) is 12.7 Å². The Balaban J connectivity index is 2.28. The Morgan fingerprint density at radius 1 is 1.11 bits per heavy atom. The minimum atomic E-state index is -3.61. The van der Waals surface area contributed by atoms with Gasteiger partial charge in [-0.1, -0.05) is 18.2 Å². The van der Waals surface area contributed by atoms with Crippen molar-refractivity contribution >= 4 is 31.9 Å². The smallest absolute Gasteiger partial charge is 0.251 e. The summed E-state index contributed by atoms with van der Waals surface area (Å²) in [6.07, 6.45) is 0. The van der Waals surface area contributed by atoms with Gasteiger partial charge in [0.1, 0.15) is 16.0 Å². The van der Waals surface area contributed by atoms with Gasteiger partial charge in [0.15, 0.2) is 0 Å². The van der Waals surface area contributed by atoms with Gasteiger partial charge in [-0.05, 0) is 39.7 Å². The first kappa shape index (κ1) is 21.2. The van der Waals surface area contributed by atoms with Gasteiger partial charge >= 0.3 is 0 Å². The van der Waals surface area contributed by atoms with Crippen molar-refractivity contribution in [2.24, 2.45) is 0 Å². The molecular formula is C18H21BrN2O5S. The Morgan fingerprint density at radius 3 is 2.19 bits per heavy atom. The van der Waals surface area contributed by atoms with Gasteiger partial charge in [-0.2, -0.15) is 0 Å². The van der Waals surface area contributed by atoms with Crippen LogP contribution in [-0.4, -0.2) is 46.9 Å². The standard InChI is InChI=1S/C18H21BrN2O5S/c1-21(2)27(23,24)16-8-6-5-7-12(16)11-20-18(22)13-9-14(25-3)17(19)15(10-13)26-4/h5-10H,11H2,1-4H3,(H,20,22). The third-order valence-corrected chi connectivity index (χ3v) is 6.58. The molecule has 9 heteroatoms. The van der Waals surface area contributed by atoms with E-state index in [-0.39, 0.29) is 17.3 Å². The van der Waals surface area contributed by atoms with E-state index in [1.165, 1.54) is 34.4 Å². The molecule has 0 unspecified atom stereocenters. The molecule has 0 aliphatic carbocycles. The highest BCUT2D eigenvalue weighted by Crippen LogP contribution is 2.35. The predicted molar refractivity (Wildman–Crippen MR) is 106 cm³/mol. The molecule has 0 aliphatic heterocycles. The average Bonchev–Trinajstić information content (AvgIpc) is 2.66. The van der Waals surface area contributed by atoms with Crippen molar-refractivity contribution in [3.63, 3.8) is 0 Å². The van der Waals surface area contributed by atoms with Crippen molar-refractivity contribution in [3.8, 4) is 11.5 Å². The highest BCUT2D eigenvalue weighted by Gasteiger charge is 2.21. The van der Waals surface area contributed by atoms with Crippen LogP contribution in [0.5, 0.6) is 11.5 Å². The number of nitrogens with zero attached hydrogens (tertiary/aromatic N) is 1. The summed E-state index contributed by atoms with van der Waals surface area (Å²) in [6.45, 7) is 0.0583. The van der Waals surface area contributed by atoms with Crippen LogP contribution in [0.4, 0.5) is 0 Å². The molecule has 0 atom stereocenters. The third-order valence-electron chi connectivity index (χ3n) is 3.88. The molecule has 0 saturated carbocycles. The minimum Gasteiger partial charge on any atom is -0.495 e. The van der Waals surface area contributed by atoms with Gasteiger partial charge in [-0.15, -0.1) is 0 Å². The number of carbonyl (C=O) groups is 1. The lowest BCUT2D eigenvalue weighted by Gasteiger charge is -2.16. The number of halogens is 1. The highest BCUT2D eigenvalue weighted by atomic mass is 79.9. The summed E-state index contributed by atoms with van der Waals surface area (Å²) in [7, 11) is 2.29. The zero-order valence-electron chi connectivity index (χ0n) is 15.4. The molecule has 0 fully saturated rings. The Labute approximate surface area is 167 Å². The number of methoxy groups -OCH3 is 2. The van der Waals surface area contributed by atoms with E-state index in [2.05, 4.69) is 21.2 Å². The second-order valence-electron chi connectivity index (χ2n) is 5.77. The lowest BCUT2D eigenvalue weighted by molar-refractivity contribution is 0.0949. The Morgan fingerprint density at radius 2 is 1.67 bits per heavy atom. The summed E-state index contributed by atoms with van der Waals surface area (Å²) in [5.41, 5.74) is 0.829. The molecule has 1 N–H and O–H groups in total. The molecule has 0 heterocycles. The van der Waals surface area contributed by atoms with Crippen LogP contribution in [0, 0.1) is 0 Å². The molecule has 2 aromatic carbocycles. The van der Waals surface area contributed by atoms with Gasteiger partial charge in [0, 0.05) is 26.2 Å². The zero-order valence-corrected chi connectivity index (χ0v) is 17.8. The minimum absolute atomic E-state index is 0.0583. The molecule has 0 aliphatic rings. The summed E-state index contributed by atoms with van der Waals surface area (Å²) in [5.74, 6) is 0.529. The Bertz CT molecular complexity index is 920. The third kappa shape index (κ3) is 4.60. The van der Waals surface area contributed by atoms with Crippen LogP contribution >= 0.6 is 15.9 Å². The predicted octanol–water partition coefficient (Wildman–Crippen LogP) is 2.65. The fraction of sp³-hybridized carbons (Fsp3) is 0.278. The van der Waals surface area contributed by atoms with Gasteiger partial charge in [0.2, 0.25) is 10.0 Å². The quantitative estimate of drug-likeness (QED) is 0.691. The van der Waals surface area contributed by atoms with Crippen LogP contribution in [0.25, 0.3) is 0 Å². The molecule has 146 valence electrons. The summed E-state index contributed by atoms with van der Waals surface area (Å²) >= 11 is 3.35. The number of rotatable bonds is 7. The fourth-order valence-electron chi connectivity index (χ4n) is 2.38. The fourth-order valence-corrected chi connectivity index (χ4v) is 4.04. The Kier molecular flexibility index (Phi) is 6.85. The number of nitrogens with one attached hydrogen (secondary N) is 1. The van der Waals surface area contributed by atoms with Crippen molar-refractivity contribution in [1.29, 1.82) is 0 Å². The summed E-state index contributed by atoms with van der Waals surface area (Å²) in [4.78, 5) is 12.7. The van der Waals surface area contributed by atoms with Gasteiger partial charge < -0.3 is 14.8 Å². The van der Waals surface area contributed by atoms with Crippen LogP contribution in [-0.2, 0) is 16.6 Å². The number of benzene rings is 2. The van der Waals surface area contributed by atoms with E-state index in [0.29, 0.717) is 27.1 Å². The molecule has 0 bridgehead atoms. The number of amides is 1. The molecule has 7 nitrogen and oxygen atoms in total. The second kappa shape index (κ2) is 8.73. The number of carbonyl (C=O) groups excluding carboxylic acids is 1. The molecular weight excluding hydrogens is 436 g/mol. The van der Waals surface area contributed by atoms with Crippen LogP contribution in [0.15, 0.2) is 45.8 Å². The van der Waals surface area contributed by atoms with Crippen LogP contribution in [0.1, 0.15) is 15.9 Å². The summed E-state index contributed by atoms with van der Waals surface area (Å²) in [5, 5.41) is 2.74. The molecule has 1 amide bonds. The molecule has 0 spiro atoms. The van der Waals surface area contributed by atoms with E-state index in [0.717, 1.165) is 4.31 Å². The van der Waals surface area contributed by atoms with Gasteiger partial charge in [0.05, 0.1) is 19.1 Å².